The number of benzene rings is 1. The van der Waals surface area contributed by atoms with E-state index in [-0.39, 0.29) is 17.6 Å². The summed E-state index contributed by atoms with van der Waals surface area (Å²) in [6.45, 7) is 17.9. The van der Waals surface area contributed by atoms with E-state index in [2.05, 4.69) is 0 Å². The molecule has 0 atom stereocenters. The summed E-state index contributed by atoms with van der Waals surface area (Å²) in [5, 5.41) is 10.3. The third kappa shape index (κ3) is 4.87. The van der Waals surface area contributed by atoms with Gasteiger partial charge in [-0.1, -0.05) is 62.3 Å². The van der Waals surface area contributed by atoms with E-state index in [1.807, 2.05) is 74.4 Å². The highest BCUT2D eigenvalue weighted by molar-refractivity contribution is 6.00. The van der Waals surface area contributed by atoms with Crippen LogP contribution < -0.4 is 0 Å². The molecule has 21 heavy (non-hydrogen) atoms. The second-order valence-electron chi connectivity index (χ2n) is 6.89. The number of hydrogen-bond donors (Lipinski definition) is 1. The minimum Gasteiger partial charge on any atom is -0.507 e. The monoisotopic (exact) mass is 292 g/mol. The average Bonchev–Trinajstić information content (AvgIpc) is 2.38. The first-order valence-corrected chi connectivity index (χ1v) is 7.97. The van der Waals surface area contributed by atoms with E-state index in [1.54, 1.807) is 0 Å². The van der Waals surface area contributed by atoms with Gasteiger partial charge in [-0.25, -0.2) is 0 Å². The largest absolute Gasteiger partial charge is 0.507 e. The summed E-state index contributed by atoms with van der Waals surface area (Å²) in [6, 6.07) is 3.69. The van der Waals surface area contributed by atoms with Crippen molar-refractivity contribution in [1.29, 1.82) is 0 Å². The van der Waals surface area contributed by atoms with Gasteiger partial charge in [-0.3, -0.25) is 4.79 Å². The molecule has 2 heteroatoms. The summed E-state index contributed by atoms with van der Waals surface area (Å²) in [5.74, 6) is 0.863. The van der Waals surface area contributed by atoms with Crippen molar-refractivity contribution >= 4 is 5.78 Å². The number of carbonyl (C=O) groups excluding carboxylic acids is 1. The molecule has 0 radical (unpaired) electrons. The zero-order chi connectivity index (χ0) is 17.0. The highest BCUT2D eigenvalue weighted by Gasteiger charge is 2.25. The summed E-state index contributed by atoms with van der Waals surface area (Å²) in [6.07, 6.45) is 0. The molecule has 1 aromatic rings. The zero-order valence-corrected chi connectivity index (χ0v) is 15.2. The predicted octanol–water partition coefficient (Wildman–Crippen LogP) is 5.89. The molecular weight excluding hydrogens is 260 g/mol. The van der Waals surface area contributed by atoms with Crippen molar-refractivity contribution < 1.29 is 9.90 Å². The maximum atomic E-state index is 12.4. The number of rotatable bonds is 3. The van der Waals surface area contributed by atoms with Crippen LogP contribution >= 0.6 is 0 Å². The molecule has 1 aromatic carbocycles. The number of carbonyl (C=O) groups is 1. The number of aromatic hydroxyl groups is 1. The third-order valence-electron chi connectivity index (χ3n) is 3.36. The Kier molecular flexibility index (Phi) is 7.15. The first kappa shape index (κ1) is 19.7. The molecule has 1 rings (SSSR count). The lowest BCUT2D eigenvalue weighted by Crippen LogP contribution is -2.20. The molecular formula is C19H32O2. The van der Waals surface area contributed by atoms with Crippen LogP contribution in [0, 0.1) is 5.41 Å². The van der Waals surface area contributed by atoms with Gasteiger partial charge >= 0.3 is 0 Å². The van der Waals surface area contributed by atoms with Gasteiger partial charge < -0.3 is 5.11 Å². The second kappa shape index (κ2) is 7.63. The van der Waals surface area contributed by atoms with Gasteiger partial charge in [0.05, 0.1) is 0 Å². The van der Waals surface area contributed by atoms with Gasteiger partial charge in [-0.2, -0.15) is 0 Å². The van der Waals surface area contributed by atoms with E-state index >= 15 is 0 Å². The van der Waals surface area contributed by atoms with Crippen LogP contribution in [-0.2, 0) is 0 Å². The molecule has 0 spiro atoms. The van der Waals surface area contributed by atoms with Crippen LogP contribution in [-0.4, -0.2) is 10.9 Å². The first-order valence-electron chi connectivity index (χ1n) is 7.97. The van der Waals surface area contributed by atoms with Crippen LogP contribution in [0.1, 0.15) is 95.6 Å². The Morgan fingerprint density at radius 3 is 1.52 bits per heavy atom. The lowest BCUT2D eigenvalue weighted by atomic mass is 9.83. The van der Waals surface area contributed by atoms with Gasteiger partial charge in [0.2, 0.25) is 0 Å². The molecule has 0 aliphatic rings. The normalized spacial score (nSPS) is 11.4. The molecule has 0 amide bonds. The van der Waals surface area contributed by atoms with Gasteiger partial charge in [-0.05, 0) is 35.1 Å². The molecule has 0 heterocycles. The van der Waals surface area contributed by atoms with E-state index in [0.29, 0.717) is 11.3 Å². The van der Waals surface area contributed by atoms with Crippen molar-refractivity contribution in [3.63, 3.8) is 0 Å². The van der Waals surface area contributed by atoms with Gasteiger partial charge in [0, 0.05) is 11.0 Å². The minimum absolute atomic E-state index is 0.122. The Morgan fingerprint density at radius 1 is 0.952 bits per heavy atom. The van der Waals surface area contributed by atoms with Crippen molar-refractivity contribution in [1.82, 2.24) is 0 Å². The molecule has 0 bridgehead atoms. The first-order chi connectivity index (χ1) is 9.55. The Labute approximate surface area is 130 Å². The number of ketones is 1. The zero-order valence-electron chi connectivity index (χ0n) is 15.2. The SMILES string of the molecule is CC.CC(C)c1cc(C(=O)C(C)(C)C)cc(C(C)C)c1O. The van der Waals surface area contributed by atoms with E-state index in [0.717, 1.165) is 11.1 Å². The Morgan fingerprint density at radius 2 is 1.29 bits per heavy atom. The maximum absolute atomic E-state index is 12.4. The number of phenols is 1. The van der Waals surface area contributed by atoms with Crippen molar-refractivity contribution in [3.05, 3.63) is 28.8 Å². The minimum atomic E-state index is -0.403. The van der Waals surface area contributed by atoms with Crippen LogP contribution in [0.5, 0.6) is 5.75 Å². The Bertz CT molecular complexity index is 448. The van der Waals surface area contributed by atoms with Crippen LogP contribution in [0.3, 0.4) is 0 Å². The molecule has 2 nitrogen and oxygen atoms in total. The molecule has 0 unspecified atom stereocenters. The number of hydrogen-bond acceptors (Lipinski definition) is 2. The van der Waals surface area contributed by atoms with Crippen LogP contribution in [0.25, 0.3) is 0 Å². The standard InChI is InChI=1S/C17H26O2.C2H6/c1-10(2)13-8-12(16(19)17(5,6)7)9-14(11(3)4)15(13)18;1-2/h8-11,18H,1-7H3;1-2H3. The van der Waals surface area contributed by atoms with Gasteiger partial charge in [0.1, 0.15) is 5.75 Å². The number of phenolic OH excluding ortho intramolecular Hbond substituents is 1. The second-order valence-corrected chi connectivity index (χ2v) is 6.89. The fourth-order valence-corrected chi connectivity index (χ4v) is 2.12. The highest BCUT2D eigenvalue weighted by atomic mass is 16.3. The van der Waals surface area contributed by atoms with Crippen molar-refractivity contribution in [2.45, 2.75) is 74.1 Å². The Hall–Kier alpha value is -1.31. The van der Waals surface area contributed by atoms with E-state index < -0.39 is 5.41 Å². The molecule has 0 aliphatic heterocycles. The summed E-state index contributed by atoms with van der Waals surface area (Å²) in [4.78, 5) is 12.4. The van der Waals surface area contributed by atoms with E-state index in [4.69, 9.17) is 0 Å². The van der Waals surface area contributed by atoms with Crippen molar-refractivity contribution in [2.24, 2.45) is 5.41 Å². The summed E-state index contributed by atoms with van der Waals surface area (Å²) >= 11 is 0. The molecule has 0 saturated heterocycles. The van der Waals surface area contributed by atoms with Crippen LogP contribution in [0.2, 0.25) is 0 Å². The predicted molar refractivity (Wildman–Crippen MR) is 91.4 cm³/mol. The molecule has 0 fully saturated rings. The van der Waals surface area contributed by atoms with Gasteiger partial charge in [-0.15, -0.1) is 0 Å². The van der Waals surface area contributed by atoms with Crippen LogP contribution in [0.15, 0.2) is 12.1 Å². The quantitative estimate of drug-likeness (QED) is 0.705. The lowest BCUT2D eigenvalue weighted by molar-refractivity contribution is 0.0858. The smallest absolute Gasteiger partial charge is 0.168 e. The number of Topliss-reactive ketones (excluding diaryl/α,β-unsaturated/α-hetero) is 1. The van der Waals surface area contributed by atoms with Crippen LogP contribution in [0.4, 0.5) is 0 Å². The maximum Gasteiger partial charge on any atom is 0.168 e. The summed E-state index contributed by atoms with van der Waals surface area (Å²) in [7, 11) is 0. The van der Waals surface area contributed by atoms with Gasteiger partial charge in [0.15, 0.2) is 5.78 Å². The Balaban J connectivity index is 0.00000191. The van der Waals surface area contributed by atoms with Gasteiger partial charge in [0.25, 0.3) is 0 Å². The lowest BCUT2D eigenvalue weighted by Gasteiger charge is -2.21. The molecule has 0 saturated carbocycles. The third-order valence-corrected chi connectivity index (χ3v) is 3.36. The van der Waals surface area contributed by atoms with E-state index in [9.17, 15) is 9.90 Å². The molecule has 1 N–H and O–H groups in total. The fourth-order valence-electron chi connectivity index (χ4n) is 2.12. The molecule has 120 valence electrons. The molecule has 0 aliphatic carbocycles. The average molecular weight is 292 g/mol. The van der Waals surface area contributed by atoms with Crippen molar-refractivity contribution in [3.8, 4) is 5.75 Å². The van der Waals surface area contributed by atoms with Crippen molar-refractivity contribution in [2.75, 3.05) is 0 Å². The highest BCUT2D eigenvalue weighted by Crippen LogP contribution is 2.36. The topological polar surface area (TPSA) is 37.3 Å². The molecule has 0 aromatic heterocycles. The fraction of sp³-hybridized carbons (Fsp3) is 0.632. The van der Waals surface area contributed by atoms with E-state index in [1.165, 1.54) is 0 Å². The summed E-state index contributed by atoms with van der Waals surface area (Å²) < 4.78 is 0. The summed E-state index contributed by atoms with van der Waals surface area (Å²) in [5.41, 5.74) is 2.02.